The molecule has 10 aromatic rings. The molecule has 0 spiro atoms. The molecule has 0 fully saturated rings. The van der Waals surface area contributed by atoms with Gasteiger partial charge in [-0.1, -0.05) is 152 Å². The average molecular weight is 998 g/mol. The number of rotatable bonds is 7. The standard InChI is InChI=1S/C68H71F2N4O/c1-64(2,3)44-26-27-71-62(37-44)74-58-21-17-16-20-54(58)55-25-24-52(40-61(55)74)75-53-34-47(67(10,11)12)33-51(39-53)72-41-73(60-23-19-18-22-59(60)72)63-56(42-28-45(65(4,5)6)32-46(29-42)66(7,8)9)35-48(68(13,14)15)36-57(63)43-30-49(69)38-50(70)31-43/h16-41H,1-15H3/q+1. The first-order chi connectivity index (χ1) is 35.1. The molecule has 0 radical (unpaired) electrons. The fraction of sp³-hybridized carbons (Fsp3) is 0.294. The Morgan fingerprint density at radius 1 is 0.440 bits per heavy atom. The Morgan fingerprint density at radius 2 is 0.973 bits per heavy atom. The molecule has 7 heteroatoms. The summed E-state index contributed by atoms with van der Waals surface area (Å²) in [6, 6.07) is 49.2. The van der Waals surface area contributed by atoms with Gasteiger partial charge in [0.05, 0.1) is 11.0 Å². The summed E-state index contributed by atoms with van der Waals surface area (Å²) in [7, 11) is 0. The highest BCUT2D eigenvalue weighted by Crippen LogP contribution is 2.43. The van der Waals surface area contributed by atoms with E-state index in [1.54, 1.807) is 0 Å². The number of aromatic nitrogens is 4. The third-order valence-electron chi connectivity index (χ3n) is 14.8. The lowest BCUT2D eigenvalue weighted by atomic mass is 9.77. The molecule has 7 aromatic carbocycles. The van der Waals surface area contributed by atoms with Crippen LogP contribution >= 0.6 is 0 Å². The number of pyridine rings is 1. The van der Waals surface area contributed by atoms with Gasteiger partial charge in [-0.2, -0.15) is 9.13 Å². The van der Waals surface area contributed by atoms with Crippen molar-refractivity contribution in [1.82, 2.24) is 14.1 Å². The summed E-state index contributed by atoms with van der Waals surface area (Å²) in [5.74, 6) is 0.986. The van der Waals surface area contributed by atoms with E-state index < -0.39 is 11.6 Å². The monoisotopic (exact) mass is 998 g/mol. The highest BCUT2D eigenvalue weighted by Gasteiger charge is 2.31. The van der Waals surface area contributed by atoms with Crippen molar-refractivity contribution in [2.75, 3.05) is 0 Å². The molecule has 75 heavy (non-hydrogen) atoms. The Morgan fingerprint density at radius 3 is 1.59 bits per heavy atom. The van der Waals surface area contributed by atoms with Gasteiger partial charge in [0.15, 0.2) is 11.0 Å². The third-order valence-corrected chi connectivity index (χ3v) is 14.8. The van der Waals surface area contributed by atoms with Crippen LogP contribution in [-0.2, 0) is 27.1 Å². The maximum atomic E-state index is 15.6. The number of nitrogens with zero attached hydrogens (tertiary/aromatic N) is 4. The number of hydrogen-bond donors (Lipinski definition) is 0. The predicted molar refractivity (Wildman–Crippen MR) is 308 cm³/mol. The first kappa shape index (κ1) is 51.1. The summed E-state index contributed by atoms with van der Waals surface area (Å²) < 4.78 is 44.9. The number of fused-ring (bicyclic) bond motifs is 4. The predicted octanol–water partition coefficient (Wildman–Crippen LogP) is 18.3. The van der Waals surface area contributed by atoms with E-state index in [1.165, 1.54) is 28.8 Å². The molecule has 0 amide bonds. The van der Waals surface area contributed by atoms with Crippen molar-refractivity contribution in [2.45, 2.75) is 131 Å². The van der Waals surface area contributed by atoms with E-state index in [2.05, 4.69) is 251 Å². The van der Waals surface area contributed by atoms with Gasteiger partial charge in [-0.3, -0.25) is 4.57 Å². The van der Waals surface area contributed by atoms with Gasteiger partial charge >= 0.3 is 0 Å². The summed E-state index contributed by atoms with van der Waals surface area (Å²) in [6.45, 7) is 33.4. The highest BCUT2D eigenvalue weighted by atomic mass is 19.1. The number of ether oxygens (including phenoxy) is 1. The molecule has 0 aliphatic heterocycles. The van der Waals surface area contributed by atoms with Gasteiger partial charge < -0.3 is 4.74 Å². The molecular weight excluding hydrogens is 927 g/mol. The van der Waals surface area contributed by atoms with Gasteiger partial charge in [0.1, 0.15) is 40.3 Å². The van der Waals surface area contributed by atoms with Crippen LogP contribution in [0.5, 0.6) is 11.5 Å². The molecule has 10 rings (SSSR count). The number of halogens is 2. The van der Waals surface area contributed by atoms with Crippen LogP contribution in [0, 0.1) is 11.6 Å². The normalized spacial score (nSPS) is 12.9. The Balaban J connectivity index is 1.21. The van der Waals surface area contributed by atoms with Crippen LogP contribution in [0.1, 0.15) is 132 Å². The van der Waals surface area contributed by atoms with Crippen molar-refractivity contribution in [3.63, 3.8) is 0 Å². The third kappa shape index (κ3) is 9.90. The lowest BCUT2D eigenvalue weighted by Crippen LogP contribution is -2.31. The minimum atomic E-state index is -0.630. The van der Waals surface area contributed by atoms with E-state index in [4.69, 9.17) is 9.72 Å². The average Bonchev–Trinajstić information content (AvgIpc) is 3.88. The van der Waals surface area contributed by atoms with Gasteiger partial charge in [-0.05, 0) is 145 Å². The molecule has 0 saturated heterocycles. The van der Waals surface area contributed by atoms with Gasteiger partial charge in [-0.15, -0.1) is 0 Å². The quantitative estimate of drug-likeness (QED) is 0.149. The second-order valence-corrected chi connectivity index (χ2v) is 25.7. The Labute approximate surface area is 442 Å². The van der Waals surface area contributed by atoms with Crippen LogP contribution in [0.2, 0.25) is 0 Å². The van der Waals surface area contributed by atoms with Crippen molar-refractivity contribution in [3.8, 4) is 50.9 Å². The first-order valence-electron chi connectivity index (χ1n) is 26.3. The Hall–Kier alpha value is -7.38. The highest BCUT2D eigenvalue weighted by molar-refractivity contribution is 6.09. The maximum Gasteiger partial charge on any atom is 0.255 e. The van der Waals surface area contributed by atoms with Crippen molar-refractivity contribution >= 4 is 32.8 Å². The largest absolute Gasteiger partial charge is 0.457 e. The number of para-hydroxylation sites is 3. The molecule has 382 valence electrons. The zero-order chi connectivity index (χ0) is 53.7. The lowest BCUT2D eigenvalue weighted by molar-refractivity contribution is -0.566. The minimum Gasteiger partial charge on any atom is -0.457 e. The van der Waals surface area contributed by atoms with Gasteiger partial charge in [0.25, 0.3) is 6.33 Å². The molecule has 5 nitrogen and oxygen atoms in total. The van der Waals surface area contributed by atoms with E-state index >= 15 is 8.78 Å². The van der Waals surface area contributed by atoms with E-state index in [0.29, 0.717) is 17.1 Å². The van der Waals surface area contributed by atoms with Crippen molar-refractivity contribution < 1.29 is 18.1 Å². The zero-order valence-corrected chi connectivity index (χ0v) is 46.5. The molecule has 3 heterocycles. The van der Waals surface area contributed by atoms with Crippen molar-refractivity contribution in [1.29, 1.82) is 0 Å². The number of hydrogen-bond acceptors (Lipinski definition) is 2. The zero-order valence-electron chi connectivity index (χ0n) is 46.5. The second kappa shape index (κ2) is 18.2. The summed E-state index contributed by atoms with van der Waals surface area (Å²) in [5, 5.41) is 2.26. The molecule has 0 atom stereocenters. The number of imidazole rings is 1. The van der Waals surface area contributed by atoms with E-state index in [9.17, 15) is 0 Å². The van der Waals surface area contributed by atoms with E-state index in [-0.39, 0.29) is 27.1 Å². The fourth-order valence-corrected chi connectivity index (χ4v) is 10.2. The van der Waals surface area contributed by atoms with E-state index in [0.717, 1.165) is 83.9 Å². The molecule has 0 N–H and O–H groups in total. The molecule has 0 unspecified atom stereocenters. The lowest BCUT2D eigenvalue weighted by Gasteiger charge is -2.28. The van der Waals surface area contributed by atoms with Crippen LogP contribution in [0.25, 0.3) is 72.3 Å². The van der Waals surface area contributed by atoms with Crippen LogP contribution in [0.3, 0.4) is 0 Å². The summed E-state index contributed by atoms with van der Waals surface area (Å²) in [4.78, 5) is 4.92. The minimum absolute atomic E-state index is 0.0544. The topological polar surface area (TPSA) is 35.9 Å². The molecule has 0 aliphatic rings. The van der Waals surface area contributed by atoms with Crippen LogP contribution < -0.4 is 9.30 Å². The SMILES string of the molecule is CC(C)(C)c1cc(Oc2ccc3c4ccccc4n(-c4cc(C(C)(C)C)ccn4)c3c2)cc(-n2c[n+](-c3c(-c4cc(F)cc(F)c4)cc(C(C)(C)C)cc3-c3cc(C(C)(C)C)cc(C(C)(C)C)c3)c3ccccc32)c1. The molecule has 0 aliphatic carbocycles. The Kier molecular flexibility index (Phi) is 12.4. The van der Waals surface area contributed by atoms with Gasteiger partial charge in [-0.25, -0.2) is 13.8 Å². The van der Waals surface area contributed by atoms with Crippen LogP contribution in [-0.4, -0.2) is 14.1 Å². The first-order valence-corrected chi connectivity index (χ1v) is 26.3. The molecule has 3 aromatic heterocycles. The van der Waals surface area contributed by atoms with Gasteiger partial charge in [0.2, 0.25) is 0 Å². The van der Waals surface area contributed by atoms with Crippen molar-refractivity contribution in [3.05, 3.63) is 198 Å². The van der Waals surface area contributed by atoms with Crippen molar-refractivity contribution in [2.24, 2.45) is 0 Å². The van der Waals surface area contributed by atoms with Crippen LogP contribution in [0.15, 0.2) is 158 Å². The summed E-state index contributed by atoms with van der Waals surface area (Å²) >= 11 is 0. The fourth-order valence-electron chi connectivity index (χ4n) is 10.2. The molecule has 0 bridgehead atoms. The second-order valence-electron chi connectivity index (χ2n) is 25.7. The Bertz CT molecular complexity index is 3800. The molecule has 0 saturated carbocycles. The summed E-state index contributed by atoms with van der Waals surface area (Å²) in [5.41, 5.74) is 13.7. The maximum absolute atomic E-state index is 15.6. The smallest absolute Gasteiger partial charge is 0.255 e. The molecular formula is C68H71F2N4O+. The van der Waals surface area contributed by atoms with E-state index in [1.807, 2.05) is 6.20 Å². The van der Waals surface area contributed by atoms with Crippen LogP contribution in [0.4, 0.5) is 8.78 Å². The summed E-state index contributed by atoms with van der Waals surface area (Å²) in [6.07, 6.45) is 4.04. The van der Waals surface area contributed by atoms with Gasteiger partial charge in [0, 0.05) is 46.3 Å². The number of benzene rings is 7.